The number of fused-ring (bicyclic) bond motifs is 2. The van der Waals surface area contributed by atoms with Crippen LogP contribution in [0.2, 0.25) is 0 Å². The van der Waals surface area contributed by atoms with Gasteiger partial charge in [0.1, 0.15) is 6.10 Å². The molecule has 0 aromatic carbocycles. The van der Waals surface area contributed by atoms with Gasteiger partial charge in [-0.1, -0.05) is 6.92 Å². The number of hydrogen-bond donors (Lipinski definition) is 1. The Morgan fingerprint density at radius 1 is 1.50 bits per heavy atom. The van der Waals surface area contributed by atoms with E-state index < -0.39 is 5.79 Å². The van der Waals surface area contributed by atoms with Crippen molar-refractivity contribution < 1.29 is 14.6 Å². The predicted octanol–water partition coefficient (Wildman–Crippen LogP) is 1.05. The molecule has 2 rings (SSSR count). The lowest BCUT2D eigenvalue weighted by atomic mass is 9.99. The summed E-state index contributed by atoms with van der Waals surface area (Å²) in [6.45, 7) is 4.02. The molecule has 4 atom stereocenters. The number of aliphatic hydroxyl groups is 1. The van der Waals surface area contributed by atoms with E-state index in [4.69, 9.17) is 9.47 Å². The van der Waals surface area contributed by atoms with E-state index in [9.17, 15) is 5.11 Å². The number of ether oxygens (including phenoxy) is 2. The Labute approximate surface area is 72.7 Å². The molecule has 0 amide bonds. The van der Waals surface area contributed by atoms with Gasteiger partial charge < -0.3 is 14.6 Å². The van der Waals surface area contributed by atoms with Gasteiger partial charge in [0.25, 0.3) is 0 Å². The first-order valence-electron chi connectivity index (χ1n) is 4.68. The average Bonchev–Trinajstić information content (AvgIpc) is 2.34. The molecule has 1 N–H and O–H groups in total. The lowest BCUT2D eigenvalue weighted by Crippen LogP contribution is -2.40. The zero-order valence-electron chi connectivity index (χ0n) is 7.62. The lowest BCUT2D eigenvalue weighted by molar-refractivity contribution is -0.197. The van der Waals surface area contributed by atoms with Crippen molar-refractivity contribution in [2.24, 2.45) is 0 Å². The van der Waals surface area contributed by atoms with Gasteiger partial charge in [0.05, 0.1) is 12.2 Å². The normalized spacial score (nSPS) is 52.8. The summed E-state index contributed by atoms with van der Waals surface area (Å²) in [5, 5.41) is 9.61. The Hall–Kier alpha value is -0.120. The minimum absolute atomic E-state index is 0.0891. The van der Waals surface area contributed by atoms with Crippen LogP contribution in [0.3, 0.4) is 0 Å². The molecule has 0 aromatic rings. The number of aliphatic hydroxyl groups excluding tert-OH is 1. The zero-order valence-corrected chi connectivity index (χ0v) is 7.62. The van der Waals surface area contributed by atoms with E-state index in [2.05, 4.69) is 6.92 Å². The largest absolute Gasteiger partial charge is 0.390 e. The first kappa shape index (κ1) is 8.48. The summed E-state index contributed by atoms with van der Waals surface area (Å²) < 4.78 is 11.3. The molecule has 2 bridgehead atoms. The monoisotopic (exact) mass is 172 g/mol. The van der Waals surface area contributed by atoms with Gasteiger partial charge in [-0.2, -0.15) is 0 Å². The van der Waals surface area contributed by atoms with Gasteiger partial charge in [-0.25, -0.2) is 0 Å². The minimum atomic E-state index is -0.412. The minimum Gasteiger partial charge on any atom is -0.390 e. The molecule has 2 aliphatic rings. The molecule has 0 aromatic heterocycles. The third kappa shape index (κ3) is 1.16. The molecule has 3 heteroatoms. The highest BCUT2D eigenvalue weighted by Crippen LogP contribution is 2.40. The summed E-state index contributed by atoms with van der Waals surface area (Å²) in [6.07, 6.45) is 2.20. The molecule has 3 nitrogen and oxygen atoms in total. The summed E-state index contributed by atoms with van der Waals surface area (Å²) >= 11 is 0. The Bertz CT molecular complexity index is 179. The van der Waals surface area contributed by atoms with Crippen LogP contribution >= 0.6 is 0 Å². The fourth-order valence-electron chi connectivity index (χ4n) is 2.11. The Morgan fingerprint density at radius 3 is 2.92 bits per heavy atom. The van der Waals surface area contributed by atoms with Gasteiger partial charge >= 0.3 is 0 Å². The molecule has 0 aliphatic carbocycles. The molecule has 2 aliphatic heterocycles. The SMILES string of the molecule is CCC1OC2(C)CCC(O)C1O2. The Kier molecular flexibility index (Phi) is 1.90. The zero-order chi connectivity index (χ0) is 8.77. The predicted molar refractivity (Wildman–Crippen MR) is 43.7 cm³/mol. The fourth-order valence-corrected chi connectivity index (χ4v) is 2.11. The van der Waals surface area contributed by atoms with Gasteiger partial charge in [0, 0.05) is 6.42 Å². The summed E-state index contributed by atoms with van der Waals surface area (Å²) in [4.78, 5) is 0. The van der Waals surface area contributed by atoms with Crippen LogP contribution in [0.5, 0.6) is 0 Å². The van der Waals surface area contributed by atoms with Crippen molar-refractivity contribution in [2.45, 2.75) is 57.2 Å². The highest BCUT2D eigenvalue weighted by Gasteiger charge is 2.50. The highest BCUT2D eigenvalue weighted by atomic mass is 16.8. The van der Waals surface area contributed by atoms with Crippen LogP contribution < -0.4 is 0 Å². The van der Waals surface area contributed by atoms with Gasteiger partial charge in [-0.15, -0.1) is 0 Å². The van der Waals surface area contributed by atoms with Crippen molar-refractivity contribution >= 4 is 0 Å². The van der Waals surface area contributed by atoms with Crippen LogP contribution in [0.15, 0.2) is 0 Å². The Balaban J connectivity index is 2.15. The molecule has 2 fully saturated rings. The summed E-state index contributed by atoms with van der Waals surface area (Å²) in [5.74, 6) is -0.412. The molecule has 0 spiro atoms. The standard InChI is InChI=1S/C9H16O3/c1-3-7-8-6(10)4-5-9(2,11-7)12-8/h6-8,10H,3-5H2,1-2H3. The third-order valence-electron chi connectivity index (χ3n) is 2.83. The second-order valence-corrected chi connectivity index (χ2v) is 3.89. The van der Waals surface area contributed by atoms with Crippen LogP contribution in [-0.4, -0.2) is 29.2 Å². The van der Waals surface area contributed by atoms with Gasteiger partial charge in [-0.05, 0) is 19.8 Å². The van der Waals surface area contributed by atoms with Crippen molar-refractivity contribution in [3.63, 3.8) is 0 Å². The molecule has 2 saturated heterocycles. The molecular formula is C9H16O3. The van der Waals surface area contributed by atoms with E-state index in [1.807, 2.05) is 6.92 Å². The van der Waals surface area contributed by atoms with Crippen molar-refractivity contribution in [2.75, 3.05) is 0 Å². The van der Waals surface area contributed by atoms with Crippen molar-refractivity contribution in [3.8, 4) is 0 Å². The lowest BCUT2D eigenvalue weighted by Gasteiger charge is -2.30. The van der Waals surface area contributed by atoms with E-state index in [1.54, 1.807) is 0 Å². The first-order valence-corrected chi connectivity index (χ1v) is 4.68. The maximum Gasteiger partial charge on any atom is 0.166 e. The van der Waals surface area contributed by atoms with E-state index in [0.717, 1.165) is 19.3 Å². The molecule has 0 radical (unpaired) electrons. The number of hydrogen-bond acceptors (Lipinski definition) is 3. The van der Waals surface area contributed by atoms with Crippen LogP contribution in [0.1, 0.15) is 33.1 Å². The molecule has 70 valence electrons. The first-order chi connectivity index (χ1) is 5.64. The maximum absolute atomic E-state index is 9.61. The van der Waals surface area contributed by atoms with E-state index in [0.29, 0.717) is 0 Å². The van der Waals surface area contributed by atoms with E-state index in [-0.39, 0.29) is 18.3 Å². The highest BCUT2D eigenvalue weighted by molar-refractivity contribution is 4.92. The molecule has 2 heterocycles. The maximum atomic E-state index is 9.61. The van der Waals surface area contributed by atoms with E-state index in [1.165, 1.54) is 0 Å². The topological polar surface area (TPSA) is 38.7 Å². The third-order valence-corrected chi connectivity index (χ3v) is 2.83. The summed E-state index contributed by atoms with van der Waals surface area (Å²) in [6, 6.07) is 0. The average molecular weight is 172 g/mol. The molecule has 0 saturated carbocycles. The van der Waals surface area contributed by atoms with Crippen LogP contribution in [0.4, 0.5) is 0 Å². The number of rotatable bonds is 1. The second kappa shape index (κ2) is 2.69. The van der Waals surface area contributed by atoms with Crippen molar-refractivity contribution in [1.82, 2.24) is 0 Å². The van der Waals surface area contributed by atoms with Crippen LogP contribution in [0.25, 0.3) is 0 Å². The van der Waals surface area contributed by atoms with Crippen molar-refractivity contribution in [1.29, 1.82) is 0 Å². The molecule has 12 heavy (non-hydrogen) atoms. The van der Waals surface area contributed by atoms with Crippen LogP contribution in [-0.2, 0) is 9.47 Å². The van der Waals surface area contributed by atoms with Gasteiger partial charge in [0.15, 0.2) is 5.79 Å². The fraction of sp³-hybridized carbons (Fsp3) is 1.00. The van der Waals surface area contributed by atoms with Gasteiger partial charge in [-0.3, -0.25) is 0 Å². The quantitative estimate of drug-likeness (QED) is 0.642. The Morgan fingerprint density at radius 2 is 2.25 bits per heavy atom. The smallest absolute Gasteiger partial charge is 0.166 e. The summed E-state index contributed by atoms with van der Waals surface area (Å²) in [7, 11) is 0. The van der Waals surface area contributed by atoms with E-state index >= 15 is 0 Å². The van der Waals surface area contributed by atoms with Crippen LogP contribution in [0, 0.1) is 0 Å². The van der Waals surface area contributed by atoms with Crippen molar-refractivity contribution in [3.05, 3.63) is 0 Å². The molecule has 4 unspecified atom stereocenters. The second-order valence-electron chi connectivity index (χ2n) is 3.89. The molecular weight excluding hydrogens is 156 g/mol. The van der Waals surface area contributed by atoms with Gasteiger partial charge in [0.2, 0.25) is 0 Å². The summed E-state index contributed by atoms with van der Waals surface area (Å²) in [5.41, 5.74) is 0.